The third-order valence-electron chi connectivity index (χ3n) is 3.15. The molecule has 1 aromatic heterocycles. The topological polar surface area (TPSA) is 42.0 Å². The molecule has 1 heterocycles. The first-order chi connectivity index (χ1) is 9.60. The predicted molar refractivity (Wildman–Crippen MR) is 83.6 cm³/mol. The number of halogens is 1. The highest BCUT2D eigenvalue weighted by Crippen LogP contribution is 2.18. The van der Waals surface area contributed by atoms with Gasteiger partial charge in [0.25, 0.3) is 5.91 Å². The van der Waals surface area contributed by atoms with Crippen LogP contribution in [0.3, 0.4) is 0 Å². The molecule has 2 aromatic rings. The molecular formula is C16H17BrN2O. The molecule has 4 heteroatoms. The van der Waals surface area contributed by atoms with E-state index in [9.17, 15) is 4.79 Å². The van der Waals surface area contributed by atoms with Gasteiger partial charge in [-0.2, -0.15) is 0 Å². The molecule has 1 atom stereocenters. The number of carbonyl (C=O) groups excluding carboxylic acids is 1. The lowest BCUT2D eigenvalue weighted by atomic mass is 10.0. The Labute approximate surface area is 127 Å². The summed E-state index contributed by atoms with van der Waals surface area (Å²) in [5.41, 5.74) is 2.76. The molecule has 0 aliphatic carbocycles. The van der Waals surface area contributed by atoms with E-state index in [1.54, 1.807) is 12.3 Å². The maximum atomic E-state index is 12.2. The summed E-state index contributed by atoms with van der Waals surface area (Å²) in [6, 6.07) is 11.8. The zero-order valence-corrected chi connectivity index (χ0v) is 13.1. The first-order valence-electron chi connectivity index (χ1n) is 6.59. The predicted octanol–water partition coefficient (Wildman–Crippen LogP) is 4.03. The molecule has 20 heavy (non-hydrogen) atoms. The smallest absolute Gasteiger partial charge is 0.270 e. The monoisotopic (exact) mass is 332 g/mol. The Morgan fingerprint density at radius 3 is 2.50 bits per heavy atom. The first kappa shape index (κ1) is 14.7. The number of rotatable bonds is 4. The van der Waals surface area contributed by atoms with Crippen LogP contribution in [0.15, 0.2) is 47.1 Å². The maximum Gasteiger partial charge on any atom is 0.270 e. The number of nitrogens with zero attached hydrogens (tertiary/aromatic N) is 1. The number of hydrogen-bond donors (Lipinski definition) is 1. The molecular weight excluding hydrogens is 316 g/mol. The summed E-state index contributed by atoms with van der Waals surface area (Å²) in [6.07, 6.45) is 2.47. The Kier molecular flexibility index (Phi) is 4.90. The average Bonchev–Trinajstić information content (AvgIpc) is 2.46. The second-order valence-electron chi connectivity index (χ2n) is 4.71. The largest absolute Gasteiger partial charge is 0.344 e. The quantitative estimate of drug-likeness (QED) is 0.918. The van der Waals surface area contributed by atoms with E-state index < -0.39 is 0 Å². The van der Waals surface area contributed by atoms with E-state index in [0.717, 1.165) is 16.5 Å². The standard InChI is InChI=1S/C16H17BrN2O/c1-3-14(12-6-4-11(2)5-7-12)19-16(20)15-9-8-13(17)10-18-15/h4-10,14H,3H2,1-2H3,(H,19,20). The molecule has 0 saturated carbocycles. The molecule has 0 radical (unpaired) electrons. The van der Waals surface area contributed by atoms with Crippen molar-refractivity contribution in [3.63, 3.8) is 0 Å². The molecule has 0 spiro atoms. The number of pyridine rings is 1. The summed E-state index contributed by atoms with van der Waals surface area (Å²) in [5.74, 6) is -0.148. The van der Waals surface area contributed by atoms with Crippen LogP contribution in [-0.4, -0.2) is 10.9 Å². The van der Waals surface area contributed by atoms with Gasteiger partial charge in [0, 0.05) is 10.7 Å². The van der Waals surface area contributed by atoms with E-state index in [1.165, 1.54) is 5.56 Å². The summed E-state index contributed by atoms with van der Waals surface area (Å²) in [4.78, 5) is 16.3. The highest BCUT2D eigenvalue weighted by atomic mass is 79.9. The number of amides is 1. The zero-order chi connectivity index (χ0) is 14.5. The Morgan fingerprint density at radius 1 is 1.25 bits per heavy atom. The number of aryl methyl sites for hydroxylation is 1. The minimum Gasteiger partial charge on any atom is -0.344 e. The molecule has 0 fully saturated rings. The van der Waals surface area contributed by atoms with Crippen molar-refractivity contribution in [2.24, 2.45) is 0 Å². The number of aromatic nitrogens is 1. The van der Waals surface area contributed by atoms with Gasteiger partial charge in [0.05, 0.1) is 6.04 Å². The zero-order valence-electron chi connectivity index (χ0n) is 11.6. The Hall–Kier alpha value is -1.68. The number of hydrogen-bond acceptors (Lipinski definition) is 2. The van der Waals surface area contributed by atoms with E-state index in [4.69, 9.17) is 0 Å². The number of benzene rings is 1. The summed E-state index contributed by atoms with van der Waals surface area (Å²) < 4.78 is 0.861. The molecule has 0 saturated heterocycles. The van der Waals surface area contributed by atoms with Gasteiger partial charge in [-0.25, -0.2) is 4.98 Å². The SMILES string of the molecule is CCC(NC(=O)c1ccc(Br)cn1)c1ccc(C)cc1. The average molecular weight is 333 g/mol. The highest BCUT2D eigenvalue weighted by molar-refractivity contribution is 9.10. The summed E-state index contributed by atoms with van der Waals surface area (Å²) >= 11 is 3.31. The van der Waals surface area contributed by atoms with Gasteiger partial charge in [0.2, 0.25) is 0 Å². The lowest BCUT2D eigenvalue weighted by Gasteiger charge is -2.17. The van der Waals surface area contributed by atoms with Gasteiger partial charge in [-0.1, -0.05) is 36.8 Å². The molecule has 0 bridgehead atoms. The van der Waals surface area contributed by atoms with Crippen LogP contribution in [-0.2, 0) is 0 Å². The van der Waals surface area contributed by atoms with E-state index in [0.29, 0.717) is 5.69 Å². The second kappa shape index (κ2) is 6.66. The van der Waals surface area contributed by atoms with E-state index in [-0.39, 0.29) is 11.9 Å². The van der Waals surface area contributed by atoms with Crippen LogP contribution in [0.25, 0.3) is 0 Å². The van der Waals surface area contributed by atoms with Crippen molar-refractivity contribution >= 4 is 21.8 Å². The third-order valence-corrected chi connectivity index (χ3v) is 3.62. The molecule has 1 unspecified atom stereocenters. The van der Waals surface area contributed by atoms with Gasteiger partial charge in [0.15, 0.2) is 0 Å². The molecule has 1 amide bonds. The number of nitrogens with one attached hydrogen (secondary N) is 1. The van der Waals surface area contributed by atoms with Crippen LogP contribution >= 0.6 is 15.9 Å². The molecule has 1 aromatic carbocycles. The second-order valence-corrected chi connectivity index (χ2v) is 5.62. The van der Waals surface area contributed by atoms with E-state index in [2.05, 4.69) is 64.3 Å². The van der Waals surface area contributed by atoms with Crippen LogP contribution in [0, 0.1) is 6.92 Å². The Bertz CT molecular complexity index is 578. The van der Waals surface area contributed by atoms with Gasteiger partial charge in [-0.3, -0.25) is 4.79 Å². The molecule has 0 aliphatic heterocycles. The van der Waals surface area contributed by atoms with E-state index in [1.807, 2.05) is 6.07 Å². The van der Waals surface area contributed by atoms with Crippen molar-refractivity contribution in [3.8, 4) is 0 Å². The van der Waals surface area contributed by atoms with Crippen LogP contribution in [0.1, 0.15) is 41.0 Å². The fourth-order valence-electron chi connectivity index (χ4n) is 1.96. The van der Waals surface area contributed by atoms with Crippen LogP contribution in [0.4, 0.5) is 0 Å². The molecule has 2 rings (SSSR count). The summed E-state index contributed by atoms with van der Waals surface area (Å²) in [5, 5.41) is 3.02. The van der Waals surface area contributed by atoms with Crippen molar-refractivity contribution in [3.05, 3.63) is 63.9 Å². The number of carbonyl (C=O) groups is 1. The normalized spacial score (nSPS) is 11.9. The summed E-state index contributed by atoms with van der Waals surface area (Å²) in [7, 11) is 0. The van der Waals surface area contributed by atoms with E-state index >= 15 is 0 Å². The van der Waals surface area contributed by atoms with Crippen LogP contribution < -0.4 is 5.32 Å². The van der Waals surface area contributed by atoms with Gasteiger partial charge in [0.1, 0.15) is 5.69 Å². The lowest BCUT2D eigenvalue weighted by molar-refractivity contribution is 0.0930. The lowest BCUT2D eigenvalue weighted by Crippen LogP contribution is -2.28. The Balaban J connectivity index is 2.11. The summed E-state index contributed by atoms with van der Waals surface area (Å²) in [6.45, 7) is 4.11. The molecule has 0 aliphatic rings. The van der Waals surface area contributed by atoms with Crippen molar-refractivity contribution in [2.75, 3.05) is 0 Å². The fraction of sp³-hybridized carbons (Fsp3) is 0.250. The molecule has 3 nitrogen and oxygen atoms in total. The molecule has 1 N–H and O–H groups in total. The minimum atomic E-state index is -0.148. The van der Waals surface area contributed by atoms with Crippen molar-refractivity contribution in [1.29, 1.82) is 0 Å². The van der Waals surface area contributed by atoms with Crippen molar-refractivity contribution in [1.82, 2.24) is 10.3 Å². The first-order valence-corrected chi connectivity index (χ1v) is 7.38. The fourth-order valence-corrected chi connectivity index (χ4v) is 2.20. The van der Waals surface area contributed by atoms with Crippen molar-refractivity contribution < 1.29 is 4.79 Å². The van der Waals surface area contributed by atoms with Gasteiger partial charge < -0.3 is 5.32 Å². The third kappa shape index (κ3) is 3.67. The maximum absolute atomic E-state index is 12.2. The highest BCUT2D eigenvalue weighted by Gasteiger charge is 2.14. The Morgan fingerprint density at radius 2 is 1.95 bits per heavy atom. The van der Waals surface area contributed by atoms with Crippen LogP contribution in [0.2, 0.25) is 0 Å². The van der Waals surface area contributed by atoms with Crippen molar-refractivity contribution in [2.45, 2.75) is 26.3 Å². The van der Waals surface area contributed by atoms with Gasteiger partial charge in [-0.05, 0) is 47.0 Å². The van der Waals surface area contributed by atoms with Gasteiger partial charge in [-0.15, -0.1) is 0 Å². The van der Waals surface area contributed by atoms with Gasteiger partial charge >= 0.3 is 0 Å². The van der Waals surface area contributed by atoms with Crippen LogP contribution in [0.5, 0.6) is 0 Å². The minimum absolute atomic E-state index is 0.00791. The molecule has 104 valence electrons.